The number of hydrogen-bond donors (Lipinski definition) is 3. The van der Waals surface area contributed by atoms with Crippen molar-refractivity contribution in [3.8, 4) is 0 Å². The van der Waals surface area contributed by atoms with Crippen LogP contribution in [0.1, 0.15) is 37.2 Å². The van der Waals surface area contributed by atoms with Gasteiger partial charge in [0.05, 0.1) is 5.60 Å². The van der Waals surface area contributed by atoms with Crippen molar-refractivity contribution in [2.45, 2.75) is 32.3 Å². The molecule has 0 radical (unpaired) electrons. The average molecular weight is 239 g/mol. The summed E-state index contributed by atoms with van der Waals surface area (Å²) in [5.41, 5.74) is -0.905. The largest absolute Gasteiger partial charge is 0.476 e. The van der Waals surface area contributed by atoms with Crippen molar-refractivity contribution in [1.29, 1.82) is 0 Å². The van der Waals surface area contributed by atoms with E-state index in [9.17, 15) is 9.90 Å². The molecule has 6 nitrogen and oxygen atoms in total. The van der Waals surface area contributed by atoms with E-state index in [4.69, 9.17) is 5.11 Å². The highest BCUT2D eigenvalue weighted by atomic mass is 16.4. The first-order chi connectivity index (χ1) is 7.94. The van der Waals surface area contributed by atoms with Crippen LogP contribution in [0.5, 0.6) is 0 Å². The molecule has 3 N–H and O–H groups in total. The van der Waals surface area contributed by atoms with Crippen molar-refractivity contribution in [1.82, 2.24) is 10.2 Å². The maximum absolute atomic E-state index is 10.6. The Balaban J connectivity index is 2.55. The molecule has 0 saturated heterocycles. The Bertz CT molecular complexity index is 376. The maximum atomic E-state index is 10.6. The minimum Gasteiger partial charge on any atom is -0.476 e. The molecule has 0 amide bonds. The molecule has 0 aliphatic rings. The van der Waals surface area contributed by atoms with Crippen molar-refractivity contribution >= 4 is 11.8 Å². The first-order valence-electron chi connectivity index (χ1n) is 5.48. The fourth-order valence-electron chi connectivity index (χ4n) is 1.45. The lowest BCUT2D eigenvalue weighted by Gasteiger charge is -2.22. The highest BCUT2D eigenvalue weighted by molar-refractivity contribution is 5.85. The Labute approximate surface area is 99.7 Å². The minimum absolute atomic E-state index is 0.101. The number of anilines is 1. The van der Waals surface area contributed by atoms with E-state index in [1.54, 1.807) is 6.92 Å². The lowest BCUT2D eigenvalue weighted by atomic mass is 10.0. The predicted octanol–water partition coefficient (Wildman–Crippen LogP) is 1.14. The highest BCUT2D eigenvalue weighted by Gasteiger charge is 2.18. The summed E-state index contributed by atoms with van der Waals surface area (Å²) in [5.74, 6) is -0.659. The molecule has 0 aliphatic heterocycles. The lowest BCUT2D eigenvalue weighted by molar-refractivity contribution is 0.0633. The molecule has 1 aromatic heterocycles. The second-order valence-electron chi connectivity index (χ2n) is 4.21. The lowest BCUT2D eigenvalue weighted by Crippen LogP contribution is -2.33. The van der Waals surface area contributed by atoms with Gasteiger partial charge < -0.3 is 15.5 Å². The number of hydrogen-bond acceptors (Lipinski definition) is 5. The van der Waals surface area contributed by atoms with Gasteiger partial charge in [-0.1, -0.05) is 13.3 Å². The van der Waals surface area contributed by atoms with Gasteiger partial charge in [-0.25, -0.2) is 4.79 Å². The van der Waals surface area contributed by atoms with Crippen LogP contribution in [-0.2, 0) is 0 Å². The van der Waals surface area contributed by atoms with E-state index in [1.165, 1.54) is 12.1 Å². The van der Waals surface area contributed by atoms with E-state index in [1.807, 2.05) is 6.92 Å². The van der Waals surface area contributed by atoms with Crippen LogP contribution in [0.4, 0.5) is 5.82 Å². The Morgan fingerprint density at radius 1 is 1.47 bits per heavy atom. The van der Waals surface area contributed by atoms with E-state index in [0.29, 0.717) is 18.8 Å². The average Bonchev–Trinajstić information content (AvgIpc) is 2.27. The number of rotatable bonds is 6. The third-order valence-corrected chi connectivity index (χ3v) is 2.32. The van der Waals surface area contributed by atoms with Gasteiger partial charge in [-0.3, -0.25) is 0 Å². The van der Waals surface area contributed by atoms with Crippen LogP contribution in [0, 0.1) is 0 Å². The fourth-order valence-corrected chi connectivity index (χ4v) is 1.45. The molecule has 1 heterocycles. The molecule has 0 saturated carbocycles. The number of aromatic carboxylic acids is 1. The van der Waals surface area contributed by atoms with E-state index < -0.39 is 11.6 Å². The number of carbonyl (C=O) groups is 1. The molecule has 0 aliphatic carbocycles. The zero-order valence-corrected chi connectivity index (χ0v) is 9.97. The molecular weight excluding hydrogens is 222 g/mol. The Kier molecular flexibility index (Phi) is 4.39. The van der Waals surface area contributed by atoms with Crippen molar-refractivity contribution in [3.63, 3.8) is 0 Å². The molecule has 1 aromatic rings. The van der Waals surface area contributed by atoms with Crippen molar-refractivity contribution < 1.29 is 15.0 Å². The standard InChI is InChI=1S/C11H17N3O3/c1-3-6-11(2,17)7-12-9-5-4-8(10(15)16)13-14-9/h4-5,17H,3,6-7H2,1-2H3,(H,12,14)(H,15,16). The van der Waals surface area contributed by atoms with Crippen LogP contribution in [0.3, 0.4) is 0 Å². The molecular formula is C11H17N3O3. The third-order valence-electron chi connectivity index (χ3n) is 2.32. The number of carboxylic acid groups (broad SMARTS) is 1. The molecule has 0 spiro atoms. The molecule has 94 valence electrons. The Hall–Kier alpha value is -1.69. The van der Waals surface area contributed by atoms with E-state index >= 15 is 0 Å². The quantitative estimate of drug-likeness (QED) is 0.689. The third kappa shape index (κ3) is 4.36. The van der Waals surface area contributed by atoms with Gasteiger partial charge in [-0.15, -0.1) is 10.2 Å². The first-order valence-corrected chi connectivity index (χ1v) is 5.48. The van der Waals surface area contributed by atoms with E-state index in [-0.39, 0.29) is 5.69 Å². The number of nitrogens with one attached hydrogen (secondary N) is 1. The molecule has 6 heteroatoms. The van der Waals surface area contributed by atoms with Gasteiger partial charge >= 0.3 is 5.97 Å². The molecule has 0 fully saturated rings. The molecule has 1 atom stereocenters. The fraction of sp³-hybridized carbons (Fsp3) is 0.545. The summed E-state index contributed by atoms with van der Waals surface area (Å²) in [5, 5.41) is 28.7. The summed E-state index contributed by atoms with van der Waals surface area (Å²) < 4.78 is 0. The molecule has 0 bridgehead atoms. The smallest absolute Gasteiger partial charge is 0.356 e. The van der Waals surface area contributed by atoms with Crippen molar-refractivity contribution in [2.24, 2.45) is 0 Å². The van der Waals surface area contributed by atoms with Crippen LogP contribution in [-0.4, -0.2) is 38.5 Å². The van der Waals surface area contributed by atoms with Gasteiger partial charge in [-0.05, 0) is 25.5 Å². The minimum atomic E-state index is -1.11. The number of aromatic nitrogens is 2. The van der Waals surface area contributed by atoms with Crippen molar-refractivity contribution in [2.75, 3.05) is 11.9 Å². The summed E-state index contributed by atoms with van der Waals surface area (Å²) >= 11 is 0. The monoisotopic (exact) mass is 239 g/mol. The van der Waals surface area contributed by atoms with Crippen LogP contribution in [0.25, 0.3) is 0 Å². The summed E-state index contributed by atoms with van der Waals surface area (Å²) in [6.07, 6.45) is 1.57. The van der Waals surface area contributed by atoms with E-state index in [2.05, 4.69) is 15.5 Å². The highest BCUT2D eigenvalue weighted by Crippen LogP contribution is 2.12. The zero-order valence-electron chi connectivity index (χ0n) is 9.97. The predicted molar refractivity (Wildman–Crippen MR) is 63.0 cm³/mol. The Morgan fingerprint density at radius 2 is 2.18 bits per heavy atom. The summed E-state index contributed by atoms with van der Waals surface area (Å²) in [4.78, 5) is 10.6. The second-order valence-corrected chi connectivity index (χ2v) is 4.21. The molecule has 0 aromatic carbocycles. The number of carboxylic acids is 1. The summed E-state index contributed by atoms with van der Waals surface area (Å²) in [7, 11) is 0. The first kappa shape index (κ1) is 13.4. The van der Waals surface area contributed by atoms with Gasteiger partial charge in [0.2, 0.25) is 0 Å². The SMILES string of the molecule is CCCC(C)(O)CNc1ccc(C(=O)O)nn1. The topological polar surface area (TPSA) is 95.3 Å². The number of aliphatic hydroxyl groups is 1. The van der Waals surface area contributed by atoms with Crippen molar-refractivity contribution in [3.05, 3.63) is 17.8 Å². The Morgan fingerprint density at radius 3 is 2.65 bits per heavy atom. The maximum Gasteiger partial charge on any atom is 0.356 e. The zero-order chi connectivity index (χ0) is 12.9. The van der Waals surface area contributed by atoms with Gasteiger partial charge in [0.15, 0.2) is 5.69 Å². The van der Waals surface area contributed by atoms with Crippen LogP contribution >= 0.6 is 0 Å². The molecule has 1 unspecified atom stereocenters. The van der Waals surface area contributed by atoms with Crippen LogP contribution < -0.4 is 5.32 Å². The van der Waals surface area contributed by atoms with Gasteiger partial charge in [0, 0.05) is 6.54 Å². The van der Waals surface area contributed by atoms with Crippen LogP contribution in [0.15, 0.2) is 12.1 Å². The molecule has 17 heavy (non-hydrogen) atoms. The normalized spacial score (nSPS) is 14.1. The summed E-state index contributed by atoms with van der Waals surface area (Å²) in [6.45, 7) is 4.08. The summed E-state index contributed by atoms with van der Waals surface area (Å²) in [6, 6.07) is 2.89. The van der Waals surface area contributed by atoms with E-state index in [0.717, 1.165) is 6.42 Å². The van der Waals surface area contributed by atoms with Gasteiger partial charge in [0.1, 0.15) is 5.82 Å². The van der Waals surface area contributed by atoms with Gasteiger partial charge in [-0.2, -0.15) is 0 Å². The number of nitrogens with zero attached hydrogens (tertiary/aromatic N) is 2. The van der Waals surface area contributed by atoms with Crippen LogP contribution in [0.2, 0.25) is 0 Å². The van der Waals surface area contributed by atoms with Gasteiger partial charge in [0.25, 0.3) is 0 Å². The second kappa shape index (κ2) is 5.58. The molecule has 1 rings (SSSR count).